The topological polar surface area (TPSA) is 101 Å². The number of nitrogens with two attached hydrogens (primary N) is 1. The van der Waals surface area contributed by atoms with Crippen LogP contribution in [0.2, 0.25) is 0 Å². The summed E-state index contributed by atoms with van der Waals surface area (Å²) in [5, 5.41) is 9.24. The first kappa shape index (κ1) is 22.0. The molecular formula is C23H24N4O3S. The van der Waals surface area contributed by atoms with Crippen LogP contribution in [0, 0.1) is 0 Å². The van der Waals surface area contributed by atoms with Crippen LogP contribution in [0.4, 0.5) is 11.5 Å². The summed E-state index contributed by atoms with van der Waals surface area (Å²) in [6, 6.07) is 7.31. The Kier molecular flexibility index (Phi) is 6.71. The highest BCUT2D eigenvalue weighted by atomic mass is 32.1. The second kappa shape index (κ2) is 9.44. The van der Waals surface area contributed by atoms with Crippen molar-refractivity contribution < 1.29 is 9.90 Å². The lowest BCUT2D eigenvalue weighted by molar-refractivity contribution is 0.0702. The lowest BCUT2D eigenvalue weighted by atomic mass is 10.0. The Morgan fingerprint density at radius 1 is 1.26 bits per heavy atom. The molecule has 1 aliphatic rings. The Labute approximate surface area is 184 Å². The van der Waals surface area contributed by atoms with Gasteiger partial charge in [0.05, 0.1) is 11.2 Å². The predicted octanol–water partition coefficient (Wildman–Crippen LogP) is 4.02. The Morgan fingerprint density at radius 3 is 2.61 bits per heavy atom. The highest BCUT2D eigenvalue weighted by Crippen LogP contribution is 2.30. The normalized spacial score (nSPS) is 12.9. The fraction of sp³-hybridized carbons (Fsp3) is 0.174. The monoisotopic (exact) mass is 436 g/mol. The summed E-state index contributed by atoms with van der Waals surface area (Å²) in [6.45, 7) is 7.89. The van der Waals surface area contributed by atoms with E-state index >= 15 is 0 Å². The van der Waals surface area contributed by atoms with Gasteiger partial charge in [-0.15, -0.1) is 11.3 Å². The minimum atomic E-state index is -1.05. The molecule has 0 fully saturated rings. The maximum absolute atomic E-state index is 12.6. The largest absolute Gasteiger partial charge is 0.477 e. The van der Waals surface area contributed by atoms with Gasteiger partial charge in [0.15, 0.2) is 5.82 Å². The third kappa shape index (κ3) is 4.59. The maximum atomic E-state index is 12.6. The number of carbonyl (C=O) groups is 1. The molecule has 0 amide bonds. The molecule has 0 aliphatic carbocycles. The van der Waals surface area contributed by atoms with Gasteiger partial charge in [-0.25, -0.2) is 9.78 Å². The molecule has 0 radical (unpaired) electrons. The molecule has 3 N–H and O–H groups in total. The quantitative estimate of drug-likeness (QED) is 0.599. The second-order valence-corrected chi connectivity index (χ2v) is 7.97. The first-order chi connectivity index (χ1) is 14.9. The minimum Gasteiger partial charge on any atom is -0.477 e. The van der Waals surface area contributed by atoms with Crippen molar-refractivity contribution in [2.75, 3.05) is 24.2 Å². The van der Waals surface area contributed by atoms with Gasteiger partial charge in [0.25, 0.3) is 5.56 Å². The van der Waals surface area contributed by atoms with Gasteiger partial charge in [0.1, 0.15) is 9.71 Å². The summed E-state index contributed by atoms with van der Waals surface area (Å²) in [5.41, 5.74) is 8.77. The van der Waals surface area contributed by atoms with E-state index in [2.05, 4.69) is 23.0 Å². The number of benzene rings is 1. The van der Waals surface area contributed by atoms with Crippen molar-refractivity contribution >= 4 is 39.2 Å². The van der Waals surface area contributed by atoms with Crippen LogP contribution in [0.25, 0.3) is 16.0 Å². The first-order valence-electron chi connectivity index (χ1n) is 9.67. The van der Waals surface area contributed by atoms with Crippen LogP contribution in [0.3, 0.4) is 0 Å². The number of allylic oxidation sites excluding steroid dienone is 4. The molecule has 0 saturated carbocycles. The Bertz CT molecular complexity index is 1230. The molecule has 4 rings (SSSR count). The Hall–Kier alpha value is -3.65. The molecule has 0 spiro atoms. The van der Waals surface area contributed by atoms with E-state index in [1.54, 1.807) is 12.2 Å². The van der Waals surface area contributed by atoms with Gasteiger partial charge in [0.2, 0.25) is 0 Å². The van der Waals surface area contributed by atoms with Crippen molar-refractivity contribution in [1.82, 2.24) is 9.55 Å². The Balaban J connectivity index is 0.000000401. The molecule has 0 atom stereocenters. The SMILES string of the molecule is C=C/C=C\C=C.CN1CCCc2ccc(-n3c(=O)c(N)nc4sc(C(=O)O)cc43)cc21. The standard InChI is InChI=1S/C17H16N4O3S.C6H8/c1-20-6-2-3-9-4-5-10(7-11(9)20)21-12-8-13(17(23)24)25-15(12)19-14(18)16(21)22;1-3-5-6-4-2/h4-5,7-8H,2-3,6H2,1H3,(H2,18,19)(H,23,24);3-6H,1-2H2/b;6-5-. The van der Waals surface area contributed by atoms with Gasteiger partial charge in [-0.1, -0.05) is 43.5 Å². The molecule has 7 nitrogen and oxygen atoms in total. The zero-order valence-electron chi connectivity index (χ0n) is 17.2. The molecule has 0 unspecified atom stereocenters. The number of rotatable bonds is 4. The van der Waals surface area contributed by atoms with Crippen LogP contribution in [-0.2, 0) is 6.42 Å². The van der Waals surface area contributed by atoms with Crippen molar-refractivity contribution in [3.63, 3.8) is 0 Å². The highest BCUT2D eigenvalue weighted by Gasteiger charge is 2.19. The number of carboxylic acids is 1. The highest BCUT2D eigenvalue weighted by molar-refractivity contribution is 7.20. The number of hydrogen-bond acceptors (Lipinski definition) is 6. The number of thiophene rings is 1. The average Bonchev–Trinajstić information content (AvgIpc) is 3.17. The van der Waals surface area contributed by atoms with Crippen LogP contribution in [0.15, 0.2) is 66.5 Å². The lowest BCUT2D eigenvalue weighted by Gasteiger charge is -2.28. The van der Waals surface area contributed by atoms with Crippen molar-refractivity contribution in [3.05, 3.63) is 82.5 Å². The zero-order valence-corrected chi connectivity index (χ0v) is 18.1. The van der Waals surface area contributed by atoms with E-state index in [1.807, 2.05) is 37.4 Å². The third-order valence-electron chi connectivity index (χ3n) is 4.85. The van der Waals surface area contributed by atoms with E-state index in [9.17, 15) is 14.7 Å². The summed E-state index contributed by atoms with van der Waals surface area (Å²) in [6.07, 6.45) is 9.18. The number of carboxylic acid groups (broad SMARTS) is 1. The molecule has 0 bridgehead atoms. The van der Waals surface area contributed by atoms with Crippen molar-refractivity contribution in [3.8, 4) is 5.69 Å². The van der Waals surface area contributed by atoms with E-state index < -0.39 is 11.5 Å². The fourth-order valence-corrected chi connectivity index (χ4v) is 4.26. The molecule has 0 saturated heterocycles. The van der Waals surface area contributed by atoms with Gasteiger partial charge < -0.3 is 15.7 Å². The van der Waals surface area contributed by atoms with Crippen LogP contribution in [-0.4, -0.2) is 34.2 Å². The Morgan fingerprint density at radius 2 is 1.97 bits per heavy atom. The maximum Gasteiger partial charge on any atom is 0.346 e. The molecule has 2 aromatic heterocycles. The number of fused-ring (bicyclic) bond motifs is 2. The number of aromatic carboxylic acids is 1. The van der Waals surface area contributed by atoms with E-state index in [0.29, 0.717) is 16.0 Å². The van der Waals surface area contributed by atoms with Crippen LogP contribution >= 0.6 is 11.3 Å². The number of anilines is 2. The second-order valence-electron chi connectivity index (χ2n) is 6.94. The average molecular weight is 437 g/mol. The van der Waals surface area contributed by atoms with Gasteiger partial charge >= 0.3 is 5.97 Å². The van der Waals surface area contributed by atoms with Crippen LogP contribution in [0.5, 0.6) is 0 Å². The van der Waals surface area contributed by atoms with E-state index in [-0.39, 0.29) is 10.7 Å². The zero-order chi connectivity index (χ0) is 22.5. The predicted molar refractivity (Wildman–Crippen MR) is 128 cm³/mol. The van der Waals surface area contributed by atoms with E-state index in [1.165, 1.54) is 16.2 Å². The third-order valence-corrected chi connectivity index (χ3v) is 5.86. The molecule has 3 aromatic rings. The molecular weight excluding hydrogens is 412 g/mol. The van der Waals surface area contributed by atoms with E-state index in [4.69, 9.17) is 5.73 Å². The summed E-state index contributed by atoms with van der Waals surface area (Å²) in [7, 11) is 2.02. The molecule has 1 aromatic carbocycles. The molecule has 8 heteroatoms. The number of hydrogen-bond donors (Lipinski definition) is 2. The molecule has 1 aliphatic heterocycles. The lowest BCUT2D eigenvalue weighted by Crippen LogP contribution is -2.26. The minimum absolute atomic E-state index is 0.122. The van der Waals surface area contributed by atoms with Crippen molar-refractivity contribution in [1.29, 1.82) is 0 Å². The molecule has 3 heterocycles. The molecule has 160 valence electrons. The van der Waals surface area contributed by atoms with Gasteiger partial charge in [0, 0.05) is 19.3 Å². The summed E-state index contributed by atoms with van der Waals surface area (Å²) in [4.78, 5) is 30.7. The van der Waals surface area contributed by atoms with Crippen molar-refractivity contribution in [2.24, 2.45) is 0 Å². The summed E-state index contributed by atoms with van der Waals surface area (Å²) >= 11 is 1.01. The fourth-order valence-electron chi connectivity index (χ4n) is 3.40. The van der Waals surface area contributed by atoms with Crippen molar-refractivity contribution in [2.45, 2.75) is 12.8 Å². The number of nitrogens with zero attached hydrogens (tertiary/aromatic N) is 3. The summed E-state index contributed by atoms with van der Waals surface area (Å²) in [5.74, 6) is -1.19. The number of aromatic nitrogens is 2. The van der Waals surface area contributed by atoms with Gasteiger partial charge in [-0.2, -0.15) is 0 Å². The molecule has 31 heavy (non-hydrogen) atoms. The van der Waals surface area contributed by atoms with Gasteiger partial charge in [-0.3, -0.25) is 9.36 Å². The van der Waals surface area contributed by atoms with Crippen LogP contribution in [0.1, 0.15) is 21.7 Å². The first-order valence-corrected chi connectivity index (χ1v) is 10.5. The summed E-state index contributed by atoms with van der Waals surface area (Å²) < 4.78 is 1.45. The van der Waals surface area contributed by atoms with Gasteiger partial charge in [-0.05, 0) is 36.6 Å². The van der Waals surface area contributed by atoms with E-state index in [0.717, 1.165) is 36.4 Å². The smallest absolute Gasteiger partial charge is 0.346 e. The van der Waals surface area contributed by atoms with Crippen LogP contribution < -0.4 is 16.2 Å². The number of nitrogen functional groups attached to an aromatic ring is 1. The number of aryl methyl sites for hydroxylation is 1.